The van der Waals surface area contributed by atoms with Crippen LogP contribution in [0.2, 0.25) is 0 Å². The number of hydrogen-bond donors (Lipinski definition) is 0. The maximum absolute atomic E-state index is 9.84. The van der Waals surface area contributed by atoms with Crippen LogP contribution >= 0.6 is 0 Å². The number of hydrogen-bond acceptors (Lipinski definition) is 1. The average Bonchev–Trinajstić information content (AvgIpc) is 1.38. The van der Waals surface area contributed by atoms with Crippen LogP contribution in [-0.2, 0) is 4.79 Å². The summed E-state index contributed by atoms with van der Waals surface area (Å²) in [6.45, 7) is 1.86. The van der Waals surface area contributed by atoms with Crippen molar-refractivity contribution in [1.29, 1.82) is 0 Å². The van der Waals surface area contributed by atoms with E-state index in [9.17, 15) is 4.79 Å². The Labute approximate surface area is 46.6 Å². The van der Waals surface area contributed by atoms with Crippen LogP contribution in [0, 0.1) is 24.7 Å². The molecule has 0 radical (unpaired) electrons. The van der Waals surface area contributed by atoms with Gasteiger partial charge in [-0.3, -0.25) is 0 Å². The van der Waals surface area contributed by atoms with Gasteiger partial charge in [0.1, 0.15) is 0 Å². The van der Waals surface area contributed by atoms with Crippen molar-refractivity contribution < 1.29 is 29.5 Å². The van der Waals surface area contributed by atoms with Crippen molar-refractivity contribution in [3.63, 3.8) is 0 Å². The van der Waals surface area contributed by atoms with Crippen molar-refractivity contribution in [2.24, 2.45) is 0 Å². The Kier molecular flexibility index (Phi) is 3.08. The first-order chi connectivity index (χ1) is 2.27. The van der Waals surface area contributed by atoms with E-state index in [2.05, 4.69) is 0 Å². The van der Waals surface area contributed by atoms with E-state index < -0.39 is 0 Å². The number of carbonyl (C=O) groups is 1. The summed E-state index contributed by atoms with van der Waals surface area (Å²) >= 11 is 1.24. The molecule has 0 amide bonds. The molecule has 0 saturated heterocycles. The third-order valence-electron chi connectivity index (χ3n) is 0.278. The fourth-order valence-corrected chi connectivity index (χ4v) is 0. The summed E-state index contributed by atoms with van der Waals surface area (Å²) in [4.78, 5) is 9.84. The van der Waals surface area contributed by atoms with E-state index in [1.165, 1.54) is 24.7 Å². The van der Waals surface area contributed by atoms with E-state index >= 15 is 0 Å². The molecule has 0 unspecified atom stereocenters. The van der Waals surface area contributed by atoms with Gasteiger partial charge in [0.15, 0.2) is 0 Å². The second-order valence-corrected chi connectivity index (χ2v) is 2.35. The van der Waals surface area contributed by atoms with Gasteiger partial charge in [-0.25, -0.2) is 0 Å². The molecule has 0 saturated carbocycles. The van der Waals surface area contributed by atoms with Gasteiger partial charge >= 0.3 is 46.3 Å². The van der Waals surface area contributed by atoms with Gasteiger partial charge in [-0.15, -0.1) is 0 Å². The third kappa shape index (κ3) is 4.55. The van der Waals surface area contributed by atoms with Crippen molar-refractivity contribution in [1.82, 2.24) is 0 Å². The van der Waals surface area contributed by atoms with Crippen LogP contribution in [0.1, 0.15) is 13.3 Å². The molecular formula is C3H5AtO. The Morgan fingerprint density at radius 1 is 2.00 bits per heavy atom. The van der Waals surface area contributed by atoms with E-state index in [4.69, 9.17) is 0 Å². The predicted molar refractivity (Wildman–Crippen MR) is 15.3 cm³/mol. The molecule has 0 fully saturated rings. The molecule has 0 rings (SSSR count). The van der Waals surface area contributed by atoms with Crippen LogP contribution in [0.25, 0.3) is 0 Å². The monoisotopic (exact) mass is 267 g/mol. The van der Waals surface area contributed by atoms with E-state index in [-0.39, 0.29) is 0 Å². The molecule has 0 aromatic heterocycles. The molecule has 0 N–H and O–H groups in total. The molecule has 0 heterocycles. The fraction of sp³-hybridized carbons (Fsp3) is 0.667. The van der Waals surface area contributed by atoms with Gasteiger partial charge in [0, 0.05) is 0 Å². The molecule has 0 bridgehead atoms. The topological polar surface area (TPSA) is 17.1 Å². The molecule has 0 aliphatic carbocycles. The summed E-state index contributed by atoms with van der Waals surface area (Å²) in [5.74, 6) is 0. The zero-order valence-corrected chi connectivity index (χ0v) is 5.93. The van der Waals surface area contributed by atoms with Crippen molar-refractivity contribution in [3.05, 3.63) is 0 Å². The molecule has 2 heteroatoms. The van der Waals surface area contributed by atoms with Crippen molar-refractivity contribution in [2.75, 3.05) is 0 Å². The Balaban J connectivity index is 2.85. The minimum atomic E-state index is 0.310. The first kappa shape index (κ1) is 5.55. The van der Waals surface area contributed by atoms with Crippen LogP contribution in [0.5, 0.6) is 0 Å². The van der Waals surface area contributed by atoms with E-state index in [0.717, 1.165) is 0 Å². The Morgan fingerprint density at radius 2 is 2.20 bits per heavy atom. The minimum absolute atomic E-state index is 0.310. The SMILES string of the molecule is CCC(=O)[At]. The van der Waals surface area contributed by atoms with Gasteiger partial charge in [-0.05, 0) is 0 Å². The summed E-state index contributed by atoms with van der Waals surface area (Å²) in [5.41, 5.74) is 0. The second-order valence-electron chi connectivity index (χ2n) is 0.709. The zero-order chi connectivity index (χ0) is 4.28. The normalized spacial score (nSPS) is 7.60. The molecule has 0 aromatic carbocycles. The molecule has 0 aliphatic heterocycles. The Morgan fingerprint density at radius 3 is 2.20 bits per heavy atom. The Bertz CT molecular complexity index is 42.2. The molecule has 0 aliphatic rings. The maximum atomic E-state index is 9.84. The van der Waals surface area contributed by atoms with E-state index in [0.29, 0.717) is 9.91 Å². The van der Waals surface area contributed by atoms with Crippen LogP contribution in [0.3, 0.4) is 0 Å². The summed E-state index contributed by atoms with van der Waals surface area (Å²) in [7, 11) is 0. The summed E-state index contributed by atoms with van der Waals surface area (Å²) < 4.78 is 0.310. The third-order valence-corrected chi connectivity index (χ3v) is 1.32. The van der Waals surface area contributed by atoms with Gasteiger partial charge in [0.2, 0.25) is 0 Å². The van der Waals surface area contributed by atoms with Crippen molar-refractivity contribution >= 4 is 3.49 Å². The molecule has 1 nitrogen and oxygen atoms in total. The van der Waals surface area contributed by atoms with Gasteiger partial charge in [0.25, 0.3) is 0 Å². The van der Waals surface area contributed by atoms with Gasteiger partial charge < -0.3 is 0 Å². The summed E-state index contributed by atoms with van der Waals surface area (Å²) in [6.07, 6.45) is 0.691. The van der Waals surface area contributed by atoms with Gasteiger partial charge in [-0.1, -0.05) is 0 Å². The van der Waals surface area contributed by atoms with Crippen LogP contribution in [0.15, 0.2) is 0 Å². The first-order valence-corrected chi connectivity index (χ1v) is 2.92. The number of carbonyl (C=O) groups excluding carboxylic acids is 1. The summed E-state index contributed by atoms with van der Waals surface area (Å²) in [5, 5.41) is 0. The second kappa shape index (κ2) is 2.77. The summed E-state index contributed by atoms with van der Waals surface area (Å²) in [6, 6.07) is 0. The first-order valence-electron chi connectivity index (χ1n) is 1.45. The Hall–Kier alpha value is 0.553. The van der Waals surface area contributed by atoms with Gasteiger partial charge in [0.05, 0.1) is 0 Å². The van der Waals surface area contributed by atoms with E-state index in [1.807, 2.05) is 6.92 Å². The van der Waals surface area contributed by atoms with Crippen LogP contribution < -0.4 is 0 Å². The standard InChI is InChI=1S/C3H5AtO/c1-2-3(4)5/h2H2,1H3. The average molecular weight is 267 g/mol. The quantitative estimate of drug-likeness (QED) is 0.675. The number of rotatable bonds is 1. The fourth-order valence-electron chi connectivity index (χ4n) is 0. The predicted octanol–water partition coefficient (Wildman–Crippen LogP) is 0.472. The van der Waals surface area contributed by atoms with Crippen molar-refractivity contribution in [2.45, 2.75) is 13.3 Å². The molecule has 0 spiro atoms. The van der Waals surface area contributed by atoms with Crippen LogP contribution in [0.4, 0.5) is 0 Å². The van der Waals surface area contributed by atoms with Gasteiger partial charge in [-0.2, -0.15) is 0 Å². The van der Waals surface area contributed by atoms with Crippen molar-refractivity contribution in [3.8, 4) is 0 Å². The molecule has 30 valence electrons. The van der Waals surface area contributed by atoms with Crippen LogP contribution in [-0.4, -0.2) is 3.49 Å². The molecule has 5 heavy (non-hydrogen) atoms. The van der Waals surface area contributed by atoms with E-state index in [1.54, 1.807) is 0 Å². The molecule has 0 atom stereocenters. The zero-order valence-electron chi connectivity index (χ0n) is 2.99. The molecule has 0 aromatic rings. The molecular weight excluding hydrogens is 262 g/mol.